The molecule has 2 N–H and O–H groups in total. The Bertz CT molecular complexity index is 134. The smallest absolute Gasteiger partial charge is 0.169 e. The second-order valence-electron chi connectivity index (χ2n) is 3.75. The largest absolute Gasteiger partial charge is 0.355 e. The van der Waals surface area contributed by atoms with Crippen molar-refractivity contribution in [3.8, 4) is 0 Å². The summed E-state index contributed by atoms with van der Waals surface area (Å²) in [6.45, 7) is 4.16. The Kier molecular flexibility index (Phi) is 6.10. The van der Waals surface area contributed by atoms with Crippen molar-refractivity contribution in [3.05, 3.63) is 0 Å². The summed E-state index contributed by atoms with van der Waals surface area (Å²) in [7, 11) is 3.33. The lowest BCUT2D eigenvalue weighted by atomic mass is 9.98. The van der Waals surface area contributed by atoms with Crippen LogP contribution in [-0.2, 0) is 9.47 Å². The van der Waals surface area contributed by atoms with Crippen LogP contribution < -0.4 is 10.6 Å². The third-order valence-electron chi connectivity index (χ3n) is 2.73. The predicted octanol–water partition coefficient (Wildman–Crippen LogP) is 0.195. The van der Waals surface area contributed by atoms with Crippen LogP contribution in [-0.4, -0.2) is 46.7 Å². The Morgan fingerprint density at radius 1 is 1.29 bits per heavy atom. The maximum absolute atomic E-state index is 5.09. The van der Waals surface area contributed by atoms with Gasteiger partial charge in [0, 0.05) is 20.8 Å². The van der Waals surface area contributed by atoms with E-state index in [9.17, 15) is 0 Å². The number of methoxy groups -OCH3 is 2. The summed E-state index contributed by atoms with van der Waals surface area (Å²) in [6, 6.07) is 0. The molecule has 0 aromatic carbocycles. The predicted molar refractivity (Wildman–Crippen MR) is 56.3 cm³/mol. The third kappa shape index (κ3) is 4.37. The second-order valence-corrected chi connectivity index (χ2v) is 3.75. The average Bonchev–Trinajstić information content (AvgIpc) is 2.26. The number of hydrogen-bond donors (Lipinski definition) is 2. The monoisotopic (exact) mass is 202 g/mol. The van der Waals surface area contributed by atoms with Gasteiger partial charge in [0.2, 0.25) is 0 Å². The maximum atomic E-state index is 5.09. The molecule has 1 fully saturated rings. The van der Waals surface area contributed by atoms with Crippen molar-refractivity contribution in [1.29, 1.82) is 0 Å². The van der Waals surface area contributed by atoms with Gasteiger partial charge in [-0.15, -0.1) is 0 Å². The molecule has 0 radical (unpaired) electrons. The van der Waals surface area contributed by atoms with Crippen LogP contribution in [0, 0.1) is 5.92 Å². The van der Waals surface area contributed by atoms with Crippen LogP contribution in [0.25, 0.3) is 0 Å². The Morgan fingerprint density at radius 2 is 1.93 bits per heavy atom. The number of hydrogen-bond acceptors (Lipinski definition) is 4. The number of rotatable bonds is 6. The zero-order valence-electron chi connectivity index (χ0n) is 9.21. The molecule has 14 heavy (non-hydrogen) atoms. The highest BCUT2D eigenvalue weighted by Gasteiger charge is 2.13. The van der Waals surface area contributed by atoms with Gasteiger partial charge in [0.05, 0.1) is 0 Å². The molecule has 84 valence electrons. The van der Waals surface area contributed by atoms with E-state index in [2.05, 4.69) is 10.6 Å². The molecule has 0 aromatic heterocycles. The Labute approximate surface area is 86.3 Å². The van der Waals surface area contributed by atoms with Crippen molar-refractivity contribution < 1.29 is 9.47 Å². The summed E-state index contributed by atoms with van der Waals surface area (Å²) >= 11 is 0. The van der Waals surface area contributed by atoms with E-state index in [1.807, 2.05) is 0 Å². The van der Waals surface area contributed by atoms with Gasteiger partial charge in [-0.25, -0.2) is 0 Å². The van der Waals surface area contributed by atoms with Gasteiger partial charge in [0.1, 0.15) is 0 Å². The molecule has 1 aliphatic rings. The molecule has 1 saturated heterocycles. The molecule has 0 aromatic rings. The molecule has 4 nitrogen and oxygen atoms in total. The molecule has 0 amide bonds. The van der Waals surface area contributed by atoms with Crippen LogP contribution in [0.3, 0.4) is 0 Å². The molecular formula is C10H22N2O2. The fourth-order valence-electron chi connectivity index (χ4n) is 1.75. The molecule has 0 atom stereocenters. The number of ether oxygens (including phenoxy) is 2. The second kappa shape index (κ2) is 7.17. The van der Waals surface area contributed by atoms with E-state index in [1.165, 1.54) is 12.8 Å². The van der Waals surface area contributed by atoms with Crippen molar-refractivity contribution in [3.63, 3.8) is 0 Å². The zero-order valence-corrected chi connectivity index (χ0v) is 9.21. The summed E-state index contributed by atoms with van der Waals surface area (Å²) < 4.78 is 10.2. The van der Waals surface area contributed by atoms with Crippen molar-refractivity contribution in [2.24, 2.45) is 5.92 Å². The minimum atomic E-state index is -0.114. The molecule has 0 unspecified atom stereocenters. The van der Waals surface area contributed by atoms with E-state index < -0.39 is 0 Å². The quantitative estimate of drug-likeness (QED) is 0.604. The Balaban J connectivity index is 2.01. The van der Waals surface area contributed by atoms with Gasteiger partial charge in [0.15, 0.2) is 6.29 Å². The summed E-state index contributed by atoms with van der Waals surface area (Å²) in [5.41, 5.74) is 0. The Morgan fingerprint density at radius 3 is 2.50 bits per heavy atom. The first kappa shape index (κ1) is 11.9. The molecule has 1 rings (SSSR count). The van der Waals surface area contributed by atoms with Crippen LogP contribution in [0.4, 0.5) is 0 Å². The number of nitrogens with one attached hydrogen (secondary N) is 2. The minimum absolute atomic E-state index is 0.114. The van der Waals surface area contributed by atoms with Gasteiger partial charge in [-0.1, -0.05) is 0 Å². The molecule has 0 bridgehead atoms. The summed E-state index contributed by atoms with van der Waals surface area (Å²) in [5.74, 6) is 0.811. The fraction of sp³-hybridized carbons (Fsp3) is 1.00. The first-order valence-electron chi connectivity index (χ1n) is 5.34. The van der Waals surface area contributed by atoms with Crippen molar-refractivity contribution >= 4 is 0 Å². The lowest BCUT2D eigenvalue weighted by molar-refractivity contribution is -0.0990. The van der Waals surface area contributed by atoms with Gasteiger partial charge in [0.25, 0.3) is 0 Å². The van der Waals surface area contributed by atoms with Gasteiger partial charge in [-0.3, -0.25) is 0 Å². The highest BCUT2D eigenvalue weighted by molar-refractivity contribution is 4.70. The van der Waals surface area contributed by atoms with E-state index >= 15 is 0 Å². The van der Waals surface area contributed by atoms with E-state index in [0.29, 0.717) is 0 Å². The molecule has 0 aliphatic carbocycles. The van der Waals surface area contributed by atoms with E-state index in [0.717, 1.165) is 32.1 Å². The molecule has 4 heteroatoms. The van der Waals surface area contributed by atoms with Gasteiger partial charge in [-0.05, 0) is 38.4 Å². The van der Waals surface area contributed by atoms with Crippen LogP contribution in [0.1, 0.15) is 12.8 Å². The minimum Gasteiger partial charge on any atom is -0.355 e. The van der Waals surface area contributed by atoms with Gasteiger partial charge >= 0.3 is 0 Å². The van der Waals surface area contributed by atoms with Crippen molar-refractivity contribution in [2.75, 3.05) is 40.4 Å². The first-order chi connectivity index (χ1) is 6.86. The highest BCUT2D eigenvalue weighted by Crippen LogP contribution is 2.09. The third-order valence-corrected chi connectivity index (χ3v) is 2.73. The van der Waals surface area contributed by atoms with Gasteiger partial charge < -0.3 is 20.1 Å². The first-order valence-corrected chi connectivity index (χ1v) is 5.34. The van der Waals surface area contributed by atoms with Crippen LogP contribution in [0.5, 0.6) is 0 Å². The van der Waals surface area contributed by atoms with E-state index in [1.54, 1.807) is 14.2 Å². The topological polar surface area (TPSA) is 42.5 Å². The molecule has 0 saturated carbocycles. The normalized spacial score (nSPS) is 19.1. The highest BCUT2D eigenvalue weighted by atomic mass is 16.7. The molecular weight excluding hydrogens is 180 g/mol. The summed E-state index contributed by atoms with van der Waals surface area (Å²) in [5, 5.41) is 6.74. The lowest BCUT2D eigenvalue weighted by Gasteiger charge is -2.23. The SMILES string of the molecule is COC(CNCC1CCNCC1)OC. The van der Waals surface area contributed by atoms with E-state index in [-0.39, 0.29) is 6.29 Å². The van der Waals surface area contributed by atoms with Gasteiger partial charge in [-0.2, -0.15) is 0 Å². The lowest BCUT2D eigenvalue weighted by Crippen LogP contribution is -2.37. The number of piperidine rings is 1. The molecule has 1 heterocycles. The van der Waals surface area contributed by atoms with Crippen LogP contribution in [0.2, 0.25) is 0 Å². The van der Waals surface area contributed by atoms with Crippen molar-refractivity contribution in [2.45, 2.75) is 19.1 Å². The average molecular weight is 202 g/mol. The van der Waals surface area contributed by atoms with Crippen LogP contribution in [0.15, 0.2) is 0 Å². The van der Waals surface area contributed by atoms with Crippen molar-refractivity contribution in [1.82, 2.24) is 10.6 Å². The molecule has 0 spiro atoms. The maximum Gasteiger partial charge on any atom is 0.169 e. The standard InChI is InChI=1S/C10H22N2O2/c1-13-10(14-2)8-12-7-9-3-5-11-6-4-9/h9-12H,3-8H2,1-2H3. The fourth-order valence-corrected chi connectivity index (χ4v) is 1.75. The summed E-state index contributed by atoms with van der Waals surface area (Å²) in [6.07, 6.45) is 2.44. The van der Waals surface area contributed by atoms with E-state index in [4.69, 9.17) is 9.47 Å². The summed E-state index contributed by atoms with van der Waals surface area (Å²) in [4.78, 5) is 0. The Hall–Kier alpha value is -0.160. The molecule has 1 aliphatic heterocycles. The van der Waals surface area contributed by atoms with Crippen LogP contribution >= 0.6 is 0 Å². The zero-order chi connectivity index (χ0) is 10.2.